The molecule has 0 unspecified atom stereocenters. The Kier molecular flexibility index (Phi) is 10.5. The van der Waals surface area contributed by atoms with Crippen LogP contribution in [0.15, 0.2) is 158 Å². The molecule has 8 aromatic heterocycles. The highest BCUT2D eigenvalue weighted by atomic mass is 32.2. The van der Waals surface area contributed by atoms with Gasteiger partial charge in [0.25, 0.3) is 0 Å². The van der Waals surface area contributed by atoms with Crippen molar-refractivity contribution in [3.05, 3.63) is 181 Å². The van der Waals surface area contributed by atoms with Gasteiger partial charge in [0.05, 0.1) is 79.4 Å². The van der Waals surface area contributed by atoms with Gasteiger partial charge in [0.15, 0.2) is 0 Å². The van der Waals surface area contributed by atoms with E-state index in [0.29, 0.717) is 56.6 Å². The van der Waals surface area contributed by atoms with Gasteiger partial charge in [-0.25, -0.2) is 29.9 Å². The summed E-state index contributed by atoms with van der Waals surface area (Å²) in [7, 11) is 0. The lowest BCUT2D eigenvalue weighted by molar-refractivity contribution is 1.21. The summed E-state index contributed by atoms with van der Waals surface area (Å²) >= 11 is 1.91. The Morgan fingerprint density at radius 2 is 0.617 bits per heavy atom. The van der Waals surface area contributed by atoms with Crippen molar-refractivity contribution in [3.63, 3.8) is 0 Å². The lowest BCUT2D eigenvalue weighted by Gasteiger charge is -2.10. The van der Waals surface area contributed by atoms with E-state index in [-0.39, 0.29) is 20.2 Å². The number of nitrogens with zero attached hydrogens (tertiary/aromatic N) is 8. The summed E-state index contributed by atoms with van der Waals surface area (Å²) in [5.41, 5.74) is 8.10. The maximum absolute atomic E-state index is 8.94. The first kappa shape index (κ1) is 37.9. The Balaban J connectivity index is 0.920. The number of fused-ring (bicyclic) bond motifs is 3. The summed E-state index contributed by atoms with van der Waals surface area (Å²) in [6.45, 7) is 0. The zero-order valence-electron chi connectivity index (χ0n) is 31.4. The molecule has 0 aliphatic heterocycles. The summed E-state index contributed by atoms with van der Waals surface area (Å²) < 4.78 is 0. The fourth-order valence-electron chi connectivity index (χ4n) is 6.31. The van der Waals surface area contributed by atoms with Crippen LogP contribution in [0.5, 0.6) is 0 Å². The SMILES string of the molecule is N=C(SC(=N)c1ccc2ccc3ccc(C(=N)SC(=N)c4cccc(-c5cccc(-c6ccccn6)n5)n4)nc3c2n1)c1cccc(-c2cccc(-c3ccccn3)n2)n1. The van der Waals surface area contributed by atoms with Crippen molar-refractivity contribution in [1.82, 2.24) is 39.9 Å². The van der Waals surface area contributed by atoms with Crippen LogP contribution < -0.4 is 0 Å². The Morgan fingerprint density at radius 3 is 1.00 bits per heavy atom. The number of pyridine rings is 8. The summed E-state index contributed by atoms with van der Waals surface area (Å²) in [5.74, 6) is 0. The Hall–Kier alpha value is -7.68. The quantitative estimate of drug-likeness (QED) is 0.0650. The van der Waals surface area contributed by atoms with Gasteiger partial charge >= 0.3 is 0 Å². The van der Waals surface area contributed by atoms with E-state index >= 15 is 0 Å². The molecular weight excluding hydrogens is 785 g/mol. The fraction of sp³-hybridized carbons (Fsp3) is 0. The van der Waals surface area contributed by atoms with Gasteiger partial charge in [-0.05, 0) is 108 Å². The number of hydrogen-bond acceptors (Lipinski definition) is 14. The van der Waals surface area contributed by atoms with Crippen LogP contribution in [0.25, 0.3) is 67.4 Å². The van der Waals surface area contributed by atoms with Gasteiger partial charge in [-0.3, -0.25) is 31.6 Å². The molecule has 0 bridgehead atoms. The van der Waals surface area contributed by atoms with Crippen LogP contribution in [-0.2, 0) is 0 Å². The summed E-state index contributed by atoms with van der Waals surface area (Å²) in [6.07, 6.45) is 3.45. The molecule has 0 saturated heterocycles. The predicted octanol–water partition coefficient (Wildman–Crippen LogP) is 9.99. The van der Waals surface area contributed by atoms with E-state index in [4.69, 9.17) is 51.5 Å². The minimum absolute atomic E-state index is 0.0719. The lowest BCUT2D eigenvalue weighted by atomic mass is 10.1. The molecule has 60 heavy (non-hydrogen) atoms. The summed E-state index contributed by atoms with van der Waals surface area (Å²) in [5, 5.41) is 37.6. The van der Waals surface area contributed by atoms with Crippen LogP contribution in [0, 0.1) is 21.6 Å². The number of hydrogen-bond donors (Lipinski definition) is 4. The molecule has 8 heterocycles. The average molecular weight is 815 g/mol. The van der Waals surface area contributed by atoms with Crippen LogP contribution in [0.3, 0.4) is 0 Å². The van der Waals surface area contributed by atoms with Crippen LogP contribution in [0.1, 0.15) is 22.8 Å². The van der Waals surface area contributed by atoms with Crippen molar-refractivity contribution in [3.8, 4) is 45.6 Å². The van der Waals surface area contributed by atoms with E-state index in [9.17, 15) is 0 Å². The average Bonchev–Trinajstić information content (AvgIpc) is 3.31. The number of thioether (sulfide) groups is 2. The van der Waals surface area contributed by atoms with E-state index in [1.807, 2.05) is 121 Å². The van der Waals surface area contributed by atoms with Gasteiger partial charge < -0.3 is 0 Å². The Labute approximate surface area is 351 Å². The molecule has 0 spiro atoms. The van der Waals surface area contributed by atoms with Crippen molar-refractivity contribution in [2.24, 2.45) is 0 Å². The van der Waals surface area contributed by atoms with Crippen LogP contribution >= 0.6 is 23.5 Å². The third kappa shape index (κ3) is 8.05. The van der Waals surface area contributed by atoms with E-state index in [0.717, 1.165) is 57.1 Å². The molecule has 4 N–H and O–H groups in total. The maximum atomic E-state index is 8.94. The lowest BCUT2D eigenvalue weighted by Crippen LogP contribution is -2.07. The maximum Gasteiger partial charge on any atom is 0.119 e. The molecule has 12 nitrogen and oxygen atoms in total. The molecule has 0 fully saturated rings. The normalized spacial score (nSPS) is 11.1. The second-order valence-corrected chi connectivity index (χ2v) is 15.2. The second kappa shape index (κ2) is 16.7. The molecule has 1 aromatic carbocycles. The first-order chi connectivity index (χ1) is 29.4. The molecule has 14 heteroatoms. The summed E-state index contributed by atoms with van der Waals surface area (Å²) in [4.78, 5) is 37.4. The molecule has 9 rings (SSSR count). The van der Waals surface area contributed by atoms with Gasteiger partial charge in [0, 0.05) is 23.2 Å². The van der Waals surface area contributed by atoms with E-state index < -0.39 is 0 Å². The molecular formula is C46H30N12S2. The third-order valence-electron chi connectivity index (χ3n) is 9.23. The molecule has 0 saturated carbocycles. The van der Waals surface area contributed by atoms with E-state index in [1.54, 1.807) is 36.7 Å². The Bertz CT molecular complexity index is 2930. The van der Waals surface area contributed by atoms with E-state index in [2.05, 4.69) is 9.97 Å². The minimum Gasteiger partial charge on any atom is -0.292 e. The molecule has 0 radical (unpaired) electrons. The largest absolute Gasteiger partial charge is 0.292 e. The first-order valence-electron chi connectivity index (χ1n) is 18.5. The zero-order chi connectivity index (χ0) is 41.0. The number of benzene rings is 1. The highest BCUT2D eigenvalue weighted by molar-refractivity contribution is 8.27. The van der Waals surface area contributed by atoms with Gasteiger partial charge in [-0.15, -0.1) is 0 Å². The van der Waals surface area contributed by atoms with Gasteiger partial charge in [0.1, 0.15) is 20.2 Å². The van der Waals surface area contributed by atoms with Crippen molar-refractivity contribution in [2.75, 3.05) is 0 Å². The Morgan fingerprint density at radius 1 is 0.300 bits per heavy atom. The third-order valence-corrected chi connectivity index (χ3v) is 10.9. The molecule has 0 aliphatic carbocycles. The molecule has 0 aliphatic rings. The zero-order valence-corrected chi connectivity index (χ0v) is 33.0. The number of nitrogens with one attached hydrogen (secondary N) is 4. The van der Waals surface area contributed by atoms with Crippen molar-refractivity contribution < 1.29 is 0 Å². The van der Waals surface area contributed by atoms with Crippen LogP contribution in [0.4, 0.5) is 0 Å². The molecule has 0 amide bonds. The fourth-order valence-corrected chi connectivity index (χ4v) is 7.59. The standard InChI is InChI=1S/C46H30N12S2/c47-43(37-17-7-15-35(55-37)33-13-5-11-31(53-33)29-9-1-3-25-51-29)59-45(49)39-23-21-27-19-20-28-22-24-40(58-42(28)41(27)57-39)46(50)60-44(48)38-18-8-16-36(56-38)34-14-6-12-32(54-34)30-10-2-4-26-52-30/h1-26,47-50H. The van der Waals surface area contributed by atoms with Gasteiger partial charge in [-0.2, -0.15) is 0 Å². The van der Waals surface area contributed by atoms with Crippen LogP contribution in [-0.4, -0.2) is 60.0 Å². The minimum atomic E-state index is 0.0719. The second-order valence-electron chi connectivity index (χ2n) is 13.2. The molecule has 9 aromatic rings. The molecule has 0 atom stereocenters. The predicted molar refractivity (Wildman–Crippen MR) is 241 cm³/mol. The van der Waals surface area contributed by atoms with Crippen molar-refractivity contribution in [1.29, 1.82) is 21.6 Å². The topological polar surface area (TPSA) is 199 Å². The van der Waals surface area contributed by atoms with E-state index in [1.165, 1.54) is 0 Å². The highest BCUT2D eigenvalue weighted by Crippen LogP contribution is 2.28. The van der Waals surface area contributed by atoms with Gasteiger partial charge in [0.2, 0.25) is 0 Å². The van der Waals surface area contributed by atoms with Crippen LogP contribution in [0.2, 0.25) is 0 Å². The molecule has 286 valence electrons. The van der Waals surface area contributed by atoms with Crippen molar-refractivity contribution in [2.45, 2.75) is 0 Å². The number of rotatable bonds is 8. The number of aromatic nitrogens is 8. The smallest absolute Gasteiger partial charge is 0.119 e. The first-order valence-corrected chi connectivity index (χ1v) is 20.1. The van der Waals surface area contributed by atoms with Gasteiger partial charge in [-0.1, -0.05) is 60.7 Å². The highest BCUT2D eigenvalue weighted by Gasteiger charge is 2.17. The summed E-state index contributed by atoms with van der Waals surface area (Å²) in [6, 6.07) is 44.6. The van der Waals surface area contributed by atoms with Crippen molar-refractivity contribution >= 4 is 65.5 Å². The monoisotopic (exact) mass is 814 g/mol.